The van der Waals surface area contributed by atoms with Gasteiger partial charge in [-0.3, -0.25) is 4.98 Å². The Morgan fingerprint density at radius 1 is 0.487 bits per heavy atom. The molecule has 0 amide bonds. The fourth-order valence-electron chi connectivity index (χ4n) is 5.61. The number of aromatic nitrogens is 2. The van der Waals surface area contributed by atoms with Crippen LogP contribution in [-0.2, 0) is 0 Å². The number of rotatable bonds is 3. The summed E-state index contributed by atoms with van der Waals surface area (Å²) in [4.78, 5) is 9.71. The van der Waals surface area contributed by atoms with Gasteiger partial charge in [-0.05, 0) is 46.5 Å². The summed E-state index contributed by atoms with van der Waals surface area (Å²) in [6, 6.07) is 45.2. The van der Waals surface area contributed by atoms with E-state index in [0.717, 1.165) is 33.1 Å². The molecule has 0 saturated heterocycles. The SMILES string of the molecule is c1ccc(-c2cccc3c2sc2c(-c4cccc(-c5ccc6cnc7ccccc7c6n5)c4)cccc23)cc1. The largest absolute Gasteiger partial charge is 0.255 e. The molecule has 182 valence electrons. The van der Waals surface area contributed by atoms with Gasteiger partial charge in [0.15, 0.2) is 0 Å². The molecule has 0 unspecified atom stereocenters. The monoisotopic (exact) mass is 514 g/mol. The zero-order valence-electron chi connectivity index (χ0n) is 21.0. The third kappa shape index (κ3) is 3.63. The van der Waals surface area contributed by atoms with Gasteiger partial charge in [0.25, 0.3) is 0 Å². The number of pyridine rings is 2. The van der Waals surface area contributed by atoms with E-state index in [1.165, 1.54) is 42.4 Å². The molecule has 0 saturated carbocycles. The molecule has 0 aliphatic rings. The van der Waals surface area contributed by atoms with E-state index in [1.54, 1.807) is 0 Å². The zero-order valence-corrected chi connectivity index (χ0v) is 21.8. The molecule has 3 heterocycles. The fraction of sp³-hybridized carbons (Fsp3) is 0. The molecule has 3 heteroatoms. The van der Waals surface area contributed by atoms with Crippen LogP contribution in [0.2, 0.25) is 0 Å². The standard InChI is InChI=1S/C36H22N2S/c1-2-9-23(10-3-1)27-14-7-16-29-30-17-8-15-28(36(30)39-35(27)29)24-11-6-12-25(21-24)32-20-19-26-22-37-33-18-5-4-13-31(33)34(26)38-32/h1-22H. The van der Waals surface area contributed by atoms with Gasteiger partial charge >= 0.3 is 0 Å². The first kappa shape index (κ1) is 22.2. The predicted molar refractivity (Wildman–Crippen MR) is 166 cm³/mol. The summed E-state index contributed by atoms with van der Waals surface area (Å²) in [5, 5.41) is 4.75. The molecule has 0 atom stereocenters. The van der Waals surface area contributed by atoms with Crippen LogP contribution in [0.5, 0.6) is 0 Å². The first-order valence-corrected chi connectivity index (χ1v) is 13.9. The number of hydrogen-bond donors (Lipinski definition) is 0. The second-order valence-corrected chi connectivity index (χ2v) is 10.8. The maximum Gasteiger partial charge on any atom is 0.0818 e. The van der Waals surface area contributed by atoms with Gasteiger partial charge in [-0.1, -0.05) is 103 Å². The molecule has 8 rings (SSSR count). The molecule has 0 fully saturated rings. The summed E-state index contributed by atoms with van der Waals surface area (Å²) in [6.45, 7) is 0. The minimum atomic E-state index is 0.967. The van der Waals surface area contributed by atoms with Crippen LogP contribution >= 0.6 is 11.3 Å². The number of nitrogens with zero attached hydrogens (tertiary/aromatic N) is 2. The zero-order chi connectivity index (χ0) is 25.8. The summed E-state index contributed by atoms with van der Waals surface area (Å²) < 4.78 is 2.65. The Labute approximate surface area is 229 Å². The first-order valence-electron chi connectivity index (χ1n) is 13.1. The highest BCUT2D eigenvalue weighted by molar-refractivity contribution is 7.26. The van der Waals surface area contributed by atoms with E-state index in [1.807, 2.05) is 35.7 Å². The van der Waals surface area contributed by atoms with Gasteiger partial charge in [0.1, 0.15) is 0 Å². The number of thiophene rings is 1. The smallest absolute Gasteiger partial charge is 0.0818 e. The highest BCUT2D eigenvalue weighted by atomic mass is 32.1. The van der Waals surface area contributed by atoms with Crippen LogP contribution in [0.3, 0.4) is 0 Å². The maximum atomic E-state index is 5.11. The molecule has 0 radical (unpaired) electrons. The van der Waals surface area contributed by atoms with Crippen molar-refractivity contribution in [3.05, 3.63) is 134 Å². The van der Waals surface area contributed by atoms with Gasteiger partial charge in [0, 0.05) is 42.7 Å². The molecule has 0 spiro atoms. The molecule has 5 aromatic carbocycles. The normalized spacial score (nSPS) is 11.6. The predicted octanol–water partition coefficient (Wildman–Crippen LogP) is 10.2. The maximum absolute atomic E-state index is 5.11. The topological polar surface area (TPSA) is 25.8 Å². The van der Waals surface area contributed by atoms with Gasteiger partial charge in [-0.15, -0.1) is 11.3 Å². The highest BCUT2D eigenvalue weighted by Gasteiger charge is 2.14. The van der Waals surface area contributed by atoms with Crippen molar-refractivity contribution in [3.8, 4) is 33.5 Å². The Morgan fingerprint density at radius 3 is 1.95 bits per heavy atom. The molecule has 2 nitrogen and oxygen atoms in total. The average Bonchev–Trinajstić information content (AvgIpc) is 3.40. The lowest BCUT2D eigenvalue weighted by Gasteiger charge is -2.09. The van der Waals surface area contributed by atoms with E-state index in [0.29, 0.717) is 0 Å². The minimum absolute atomic E-state index is 0.967. The lowest BCUT2D eigenvalue weighted by Crippen LogP contribution is -1.89. The lowest BCUT2D eigenvalue weighted by atomic mass is 9.98. The van der Waals surface area contributed by atoms with Crippen LogP contribution in [0.15, 0.2) is 134 Å². The van der Waals surface area contributed by atoms with E-state index < -0.39 is 0 Å². The number of hydrogen-bond acceptors (Lipinski definition) is 3. The Kier molecular flexibility index (Phi) is 5.04. The second-order valence-electron chi connectivity index (χ2n) is 9.82. The third-order valence-corrected chi connectivity index (χ3v) is 8.79. The molecule has 0 aliphatic carbocycles. The second kappa shape index (κ2) is 8.87. The van der Waals surface area contributed by atoms with E-state index >= 15 is 0 Å². The molecule has 3 aromatic heterocycles. The van der Waals surface area contributed by atoms with Crippen molar-refractivity contribution in [1.82, 2.24) is 9.97 Å². The van der Waals surface area contributed by atoms with Crippen molar-refractivity contribution in [1.29, 1.82) is 0 Å². The number of para-hydroxylation sites is 1. The fourth-order valence-corrected chi connectivity index (χ4v) is 6.99. The van der Waals surface area contributed by atoms with Gasteiger partial charge in [0.2, 0.25) is 0 Å². The van der Waals surface area contributed by atoms with Crippen LogP contribution < -0.4 is 0 Å². The summed E-state index contributed by atoms with van der Waals surface area (Å²) in [7, 11) is 0. The van der Waals surface area contributed by atoms with Crippen LogP contribution in [0.25, 0.3) is 75.5 Å². The Balaban J connectivity index is 1.30. The van der Waals surface area contributed by atoms with Crippen molar-refractivity contribution < 1.29 is 0 Å². The van der Waals surface area contributed by atoms with E-state index in [9.17, 15) is 0 Å². The molecule has 39 heavy (non-hydrogen) atoms. The first-order chi connectivity index (χ1) is 19.3. The van der Waals surface area contributed by atoms with Crippen molar-refractivity contribution in [2.75, 3.05) is 0 Å². The highest BCUT2D eigenvalue weighted by Crippen LogP contribution is 2.44. The van der Waals surface area contributed by atoms with Crippen molar-refractivity contribution >= 4 is 53.3 Å². The van der Waals surface area contributed by atoms with Crippen LogP contribution in [0, 0.1) is 0 Å². The van der Waals surface area contributed by atoms with Gasteiger partial charge in [-0.2, -0.15) is 0 Å². The van der Waals surface area contributed by atoms with Crippen LogP contribution in [-0.4, -0.2) is 9.97 Å². The number of benzene rings is 5. The summed E-state index contributed by atoms with van der Waals surface area (Å²) in [5.74, 6) is 0. The van der Waals surface area contributed by atoms with E-state index in [4.69, 9.17) is 4.98 Å². The van der Waals surface area contributed by atoms with E-state index in [2.05, 4.69) is 114 Å². The molecule has 8 aromatic rings. The average molecular weight is 515 g/mol. The Morgan fingerprint density at radius 2 is 1.13 bits per heavy atom. The van der Waals surface area contributed by atoms with Gasteiger partial charge in [-0.25, -0.2) is 4.98 Å². The quantitative estimate of drug-likeness (QED) is 0.219. The van der Waals surface area contributed by atoms with Gasteiger partial charge < -0.3 is 0 Å². The number of fused-ring (bicyclic) bond motifs is 6. The summed E-state index contributed by atoms with van der Waals surface area (Å²) in [5.41, 5.74) is 9.03. The third-order valence-electron chi connectivity index (χ3n) is 7.51. The minimum Gasteiger partial charge on any atom is -0.255 e. The van der Waals surface area contributed by atoms with E-state index in [-0.39, 0.29) is 0 Å². The molecule has 0 aliphatic heterocycles. The Hall–Kier alpha value is -4.86. The molecule has 0 bridgehead atoms. The molecular formula is C36H22N2S. The lowest BCUT2D eigenvalue weighted by molar-refractivity contribution is 1.38. The summed E-state index contributed by atoms with van der Waals surface area (Å²) in [6.07, 6.45) is 1.91. The summed E-state index contributed by atoms with van der Waals surface area (Å²) >= 11 is 1.89. The Bertz CT molecular complexity index is 2180. The molecule has 0 N–H and O–H groups in total. The van der Waals surface area contributed by atoms with Crippen LogP contribution in [0.1, 0.15) is 0 Å². The van der Waals surface area contributed by atoms with Crippen molar-refractivity contribution in [2.24, 2.45) is 0 Å². The van der Waals surface area contributed by atoms with Gasteiger partial charge in [0.05, 0.1) is 16.7 Å². The van der Waals surface area contributed by atoms with Crippen molar-refractivity contribution in [3.63, 3.8) is 0 Å². The molecular weight excluding hydrogens is 492 g/mol. The van der Waals surface area contributed by atoms with Crippen LogP contribution in [0.4, 0.5) is 0 Å². The van der Waals surface area contributed by atoms with Crippen molar-refractivity contribution in [2.45, 2.75) is 0 Å².